The molecule has 5 nitrogen and oxygen atoms in total. The number of nitrogens with zero attached hydrogens (tertiary/aromatic N) is 3. The number of aromatic nitrogens is 2. The highest BCUT2D eigenvalue weighted by Gasteiger charge is 2.63. The third kappa shape index (κ3) is 2.69. The lowest BCUT2D eigenvalue weighted by Crippen LogP contribution is -2.25. The van der Waals surface area contributed by atoms with Crippen LogP contribution in [-0.4, -0.2) is 22.6 Å². The lowest BCUT2D eigenvalue weighted by molar-refractivity contribution is -0.144. The van der Waals surface area contributed by atoms with E-state index in [0.29, 0.717) is 12.8 Å². The van der Waals surface area contributed by atoms with Crippen LogP contribution < -0.4 is 0 Å². The van der Waals surface area contributed by atoms with E-state index in [2.05, 4.69) is 11.1 Å². The van der Waals surface area contributed by atoms with Gasteiger partial charge in [-0.2, -0.15) is 5.26 Å². The molecule has 0 saturated heterocycles. The summed E-state index contributed by atoms with van der Waals surface area (Å²) in [5, 5.41) is 9.21. The van der Waals surface area contributed by atoms with E-state index in [0.717, 1.165) is 17.8 Å². The van der Waals surface area contributed by atoms with Crippen LogP contribution in [0.25, 0.3) is 5.69 Å². The van der Waals surface area contributed by atoms with Crippen LogP contribution in [0.1, 0.15) is 31.9 Å². The van der Waals surface area contributed by atoms with Gasteiger partial charge in [-0.15, -0.1) is 0 Å². The Kier molecular flexibility index (Phi) is 4.39. The monoisotopic (exact) mass is 323 g/mol. The molecule has 0 bridgehead atoms. The van der Waals surface area contributed by atoms with Crippen LogP contribution in [0, 0.1) is 23.2 Å². The zero-order valence-electron chi connectivity index (χ0n) is 14.0. The Morgan fingerprint density at radius 2 is 2.25 bits per heavy atom. The predicted molar refractivity (Wildman–Crippen MR) is 89.4 cm³/mol. The molecule has 1 aromatic heterocycles. The number of benzene rings is 1. The minimum atomic E-state index is -0.695. The van der Waals surface area contributed by atoms with Gasteiger partial charge in [0, 0.05) is 17.8 Å². The number of methoxy groups -OCH3 is 1. The zero-order chi connectivity index (χ0) is 17.2. The van der Waals surface area contributed by atoms with E-state index in [-0.39, 0.29) is 17.8 Å². The maximum absolute atomic E-state index is 12.5. The number of ether oxygens (including phenoxy) is 1. The van der Waals surface area contributed by atoms with Gasteiger partial charge in [-0.1, -0.05) is 25.1 Å². The average Bonchev–Trinajstić information content (AvgIpc) is 3.13. The molecule has 2 aromatic rings. The quantitative estimate of drug-likeness (QED) is 0.765. The third-order valence-corrected chi connectivity index (χ3v) is 4.99. The first-order valence-corrected chi connectivity index (χ1v) is 8.23. The Morgan fingerprint density at radius 3 is 2.88 bits per heavy atom. The second kappa shape index (κ2) is 6.48. The average molecular weight is 323 g/mol. The summed E-state index contributed by atoms with van der Waals surface area (Å²) in [6.45, 7) is 2.00. The maximum atomic E-state index is 12.5. The fourth-order valence-electron chi connectivity index (χ4n) is 3.41. The second-order valence-corrected chi connectivity index (χ2v) is 6.34. The van der Waals surface area contributed by atoms with Gasteiger partial charge in [0.15, 0.2) is 0 Å². The van der Waals surface area contributed by atoms with E-state index in [4.69, 9.17) is 4.74 Å². The second-order valence-electron chi connectivity index (χ2n) is 6.34. The normalized spacial score (nSPS) is 23.3. The fourth-order valence-corrected chi connectivity index (χ4v) is 3.41. The molecule has 3 atom stereocenters. The number of imidazole rings is 1. The molecule has 5 heteroatoms. The molecule has 1 aromatic carbocycles. The summed E-state index contributed by atoms with van der Waals surface area (Å²) in [4.78, 5) is 16.9. The van der Waals surface area contributed by atoms with Crippen molar-refractivity contribution >= 4 is 5.97 Å². The van der Waals surface area contributed by atoms with Crippen LogP contribution in [0.3, 0.4) is 0 Å². The molecule has 3 rings (SSSR count). The van der Waals surface area contributed by atoms with E-state index in [1.165, 1.54) is 7.11 Å². The molecule has 1 heterocycles. The van der Waals surface area contributed by atoms with Gasteiger partial charge in [0.25, 0.3) is 0 Å². The van der Waals surface area contributed by atoms with Crippen LogP contribution in [0.2, 0.25) is 0 Å². The van der Waals surface area contributed by atoms with Crippen molar-refractivity contribution < 1.29 is 9.53 Å². The molecule has 0 spiro atoms. The van der Waals surface area contributed by atoms with Crippen molar-refractivity contribution in [1.29, 1.82) is 5.26 Å². The van der Waals surface area contributed by atoms with Crippen LogP contribution >= 0.6 is 0 Å². The van der Waals surface area contributed by atoms with Crippen molar-refractivity contribution in [2.45, 2.75) is 31.6 Å². The minimum Gasteiger partial charge on any atom is -0.468 e. The SMILES string of the molecule is CCC(C#N)C[C@@H]1C[C@]1(C(=O)OC)c1cn(-c2ccccc2)cn1. The number of esters is 1. The van der Waals surface area contributed by atoms with Crippen LogP contribution in [-0.2, 0) is 14.9 Å². The molecular weight excluding hydrogens is 302 g/mol. The van der Waals surface area contributed by atoms with E-state index >= 15 is 0 Å². The largest absolute Gasteiger partial charge is 0.468 e. The van der Waals surface area contributed by atoms with Crippen molar-refractivity contribution in [2.24, 2.45) is 11.8 Å². The molecule has 24 heavy (non-hydrogen) atoms. The van der Waals surface area contributed by atoms with E-state index in [1.807, 2.05) is 48.0 Å². The van der Waals surface area contributed by atoms with E-state index in [9.17, 15) is 10.1 Å². The molecule has 0 amide bonds. The van der Waals surface area contributed by atoms with Crippen LogP contribution in [0.4, 0.5) is 0 Å². The molecule has 1 unspecified atom stereocenters. The topological polar surface area (TPSA) is 67.9 Å². The number of hydrogen-bond donors (Lipinski definition) is 0. The summed E-state index contributed by atoms with van der Waals surface area (Å²) in [5.41, 5.74) is 1.03. The molecule has 1 aliphatic carbocycles. The van der Waals surface area contributed by atoms with Gasteiger partial charge in [0.2, 0.25) is 0 Å². The first-order chi connectivity index (χ1) is 11.7. The van der Waals surface area contributed by atoms with Gasteiger partial charge >= 0.3 is 5.97 Å². The smallest absolute Gasteiger partial charge is 0.318 e. The highest BCUT2D eigenvalue weighted by Crippen LogP contribution is 2.57. The molecule has 1 saturated carbocycles. The fraction of sp³-hybridized carbons (Fsp3) is 0.421. The van der Waals surface area contributed by atoms with Crippen molar-refractivity contribution in [3.05, 3.63) is 48.5 Å². The van der Waals surface area contributed by atoms with E-state index in [1.54, 1.807) is 6.33 Å². The summed E-state index contributed by atoms with van der Waals surface area (Å²) in [6, 6.07) is 12.2. The Morgan fingerprint density at radius 1 is 1.50 bits per heavy atom. The lowest BCUT2D eigenvalue weighted by Gasteiger charge is -2.14. The molecule has 124 valence electrons. The van der Waals surface area contributed by atoms with Crippen molar-refractivity contribution in [1.82, 2.24) is 9.55 Å². The highest BCUT2D eigenvalue weighted by atomic mass is 16.5. The van der Waals surface area contributed by atoms with Gasteiger partial charge in [-0.25, -0.2) is 4.98 Å². The molecule has 0 aliphatic heterocycles. The van der Waals surface area contributed by atoms with Crippen LogP contribution in [0.5, 0.6) is 0 Å². The Labute approximate surface area is 141 Å². The number of carbonyl (C=O) groups is 1. The summed E-state index contributed by atoms with van der Waals surface area (Å²) < 4.78 is 6.97. The van der Waals surface area contributed by atoms with Gasteiger partial charge in [0.05, 0.1) is 25.2 Å². The van der Waals surface area contributed by atoms with Gasteiger partial charge in [0.1, 0.15) is 5.41 Å². The predicted octanol–water partition coefficient (Wildman–Crippen LogP) is 3.24. The summed E-state index contributed by atoms with van der Waals surface area (Å²) in [7, 11) is 1.41. The number of hydrogen-bond acceptors (Lipinski definition) is 4. The maximum Gasteiger partial charge on any atom is 0.318 e. The number of nitriles is 1. The van der Waals surface area contributed by atoms with Crippen LogP contribution in [0.15, 0.2) is 42.9 Å². The Hall–Kier alpha value is -2.61. The number of carbonyl (C=O) groups excluding carboxylic acids is 1. The molecule has 0 N–H and O–H groups in total. The summed E-state index contributed by atoms with van der Waals surface area (Å²) >= 11 is 0. The molecule has 1 fully saturated rings. The van der Waals surface area contributed by atoms with Gasteiger partial charge in [-0.3, -0.25) is 4.79 Å². The third-order valence-electron chi connectivity index (χ3n) is 4.99. The Bertz CT molecular complexity index is 762. The van der Waals surface area contributed by atoms with Crippen molar-refractivity contribution in [2.75, 3.05) is 7.11 Å². The first-order valence-electron chi connectivity index (χ1n) is 8.23. The minimum absolute atomic E-state index is 0.0299. The summed E-state index contributed by atoms with van der Waals surface area (Å²) in [6.07, 6.45) is 5.83. The molecule has 0 radical (unpaired) electrons. The van der Waals surface area contributed by atoms with Gasteiger partial charge < -0.3 is 9.30 Å². The molecule has 1 aliphatic rings. The lowest BCUT2D eigenvalue weighted by atomic mass is 9.93. The summed E-state index contributed by atoms with van der Waals surface area (Å²) in [5.74, 6) is -0.162. The van der Waals surface area contributed by atoms with Gasteiger partial charge in [-0.05, 0) is 37.3 Å². The van der Waals surface area contributed by atoms with Crippen molar-refractivity contribution in [3.63, 3.8) is 0 Å². The highest BCUT2D eigenvalue weighted by molar-refractivity contribution is 5.86. The standard InChI is InChI=1S/C19H21N3O2/c1-3-14(11-20)9-15-10-19(15,18(23)24-2)17-12-22(13-21-17)16-7-5-4-6-8-16/h4-8,12-15H,3,9-10H2,1-2H3/t14?,15-,19-/m1/s1. The Balaban J connectivity index is 1.88. The number of para-hydroxylation sites is 1. The zero-order valence-corrected chi connectivity index (χ0v) is 14.0. The first kappa shape index (κ1) is 16.3. The molecular formula is C19H21N3O2. The van der Waals surface area contributed by atoms with E-state index < -0.39 is 5.41 Å². The number of rotatable bonds is 6. The van der Waals surface area contributed by atoms with Crippen molar-refractivity contribution in [3.8, 4) is 11.8 Å².